The third kappa shape index (κ3) is 4.16. The Morgan fingerprint density at radius 2 is 1.90 bits per heavy atom. The molecule has 0 bridgehead atoms. The monoisotopic (exact) mass is 389 g/mol. The summed E-state index contributed by atoms with van der Waals surface area (Å²) in [5.74, 6) is -0.661. The summed E-state index contributed by atoms with van der Waals surface area (Å²) in [6, 6.07) is 16.6. The number of pyridine rings is 1. The summed E-state index contributed by atoms with van der Waals surface area (Å²) in [5, 5.41) is 2.88. The van der Waals surface area contributed by atoms with E-state index >= 15 is 0 Å². The molecule has 1 unspecified atom stereocenters. The topological polar surface area (TPSA) is 62.3 Å². The van der Waals surface area contributed by atoms with Crippen molar-refractivity contribution in [1.82, 2.24) is 15.2 Å². The maximum atomic E-state index is 13.4. The number of carbonyl (C=O) groups excluding carboxylic acids is 2. The van der Waals surface area contributed by atoms with Gasteiger partial charge < -0.3 is 10.2 Å². The second-order valence-corrected chi connectivity index (χ2v) is 7.00. The summed E-state index contributed by atoms with van der Waals surface area (Å²) in [6.45, 7) is 0.782. The van der Waals surface area contributed by atoms with Crippen LogP contribution in [0.5, 0.6) is 0 Å². The van der Waals surface area contributed by atoms with Crippen molar-refractivity contribution < 1.29 is 14.0 Å². The Bertz CT molecular complexity index is 1020. The van der Waals surface area contributed by atoms with Crippen molar-refractivity contribution in [3.8, 4) is 0 Å². The number of fused-ring (bicyclic) bond motifs is 1. The lowest BCUT2D eigenvalue weighted by atomic mass is 10.0. The van der Waals surface area contributed by atoms with Crippen LogP contribution in [0.3, 0.4) is 0 Å². The summed E-state index contributed by atoms with van der Waals surface area (Å²) in [6.07, 6.45) is 3.45. The Morgan fingerprint density at radius 3 is 2.62 bits per heavy atom. The van der Waals surface area contributed by atoms with Gasteiger partial charge in [0.05, 0.1) is 12.5 Å². The van der Waals surface area contributed by atoms with Crippen LogP contribution in [0.2, 0.25) is 0 Å². The number of hydrogen-bond donors (Lipinski definition) is 1. The maximum Gasteiger partial charge on any atom is 0.255 e. The van der Waals surface area contributed by atoms with Crippen molar-refractivity contribution in [3.05, 3.63) is 101 Å². The highest BCUT2D eigenvalue weighted by atomic mass is 19.1. The molecular weight excluding hydrogens is 369 g/mol. The number of carbonyl (C=O) groups is 2. The van der Waals surface area contributed by atoms with Gasteiger partial charge >= 0.3 is 0 Å². The molecule has 2 heterocycles. The fraction of sp³-hybridized carbons (Fsp3) is 0.174. The lowest BCUT2D eigenvalue weighted by Crippen LogP contribution is -2.34. The lowest BCUT2D eigenvalue weighted by Gasteiger charge is -2.28. The lowest BCUT2D eigenvalue weighted by molar-refractivity contribution is -0.122. The number of amides is 2. The summed E-state index contributed by atoms with van der Waals surface area (Å²) in [7, 11) is 0. The third-order valence-electron chi connectivity index (χ3n) is 5.07. The number of hydrogen-bond acceptors (Lipinski definition) is 3. The first-order valence-electron chi connectivity index (χ1n) is 9.42. The molecule has 5 nitrogen and oxygen atoms in total. The normalized spacial score (nSPS) is 13.8. The molecule has 1 aromatic heterocycles. The van der Waals surface area contributed by atoms with Crippen molar-refractivity contribution >= 4 is 11.8 Å². The third-order valence-corrected chi connectivity index (χ3v) is 5.07. The minimum Gasteiger partial charge on any atom is -0.352 e. The minimum atomic E-state index is -0.482. The molecule has 6 heteroatoms. The smallest absolute Gasteiger partial charge is 0.255 e. The highest BCUT2D eigenvalue weighted by molar-refractivity contribution is 5.98. The van der Waals surface area contributed by atoms with Crippen molar-refractivity contribution in [2.24, 2.45) is 0 Å². The zero-order valence-electron chi connectivity index (χ0n) is 15.7. The number of aromatic nitrogens is 1. The first kappa shape index (κ1) is 18.8. The molecule has 2 amide bonds. The van der Waals surface area contributed by atoms with Gasteiger partial charge in [0.1, 0.15) is 5.82 Å². The minimum absolute atomic E-state index is 0.0889. The second kappa shape index (κ2) is 8.22. The van der Waals surface area contributed by atoms with Crippen LogP contribution in [-0.4, -0.2) is 21.7 Å². The average Bonchev–Trinajstić information content (AvgIpc) is 3.08. The molecule has 1 N–H and O–H groups in total. The van der Waals surface area contributed by atoms with E-state index in [4.69, 9.17) is 0 Å². The standard InChI is InChI=1S/C23H20FN3O2/c24-19-9-7-17(8-10-19)21(12-22(28)26-14-16-4-3-11-25-13-16)27-15-18-5-1-2-6-20(18)23(27)29/h1-11,13,21H,12,14-15H2,(H,26,28). The van der Waals surface area contributed by atoms with E-state index in [2.05, 4.69) is 10.3 Å². The van der Waals surface area contributed by atoms with Crippen LogP contribution >= 0.6 is 0 Å². The summed E-state index contributed by atoms with van der Waals surface area (Å²) >= 11 is 0. The van der Waals surface area contributed by atoms with E-state index in [9.17, 15) is 14.0 Å². The highest BCUT2D eigenvalue weighted by Crippen LogP contribution is 2.33. The quantitative estimate of drug-likeness (QED) is 0.700. The Hall–Kier alpha value is -3.54. The predicted octanol–water partition coefficient (Wildman–Crippen LogP) is 3.62. The Balaban J connectivity index is 1.54. The molecule has 1 aliphatic heterocycles. The number of rotatable bonds is 6. The highest BCUT2D eigenvalue weighted by Gasteiger charge is 2.34. The van der Waals surface area contributed by atoms with E-state index in [0.29, 0.717) is 18.7 Å². The van der Waals surface area contributed by atoms with Crippen molar-refractivity contribution in [1.29, 1.82) is 0 Å². The van der Waals surface area contributed by atoms with Crippen LogP contribution < -0.4 is 5.32 Å². The Kier molecular flexibility index (Phi) is 5.33. The van der Waals surface area contributed by atoms with E-state index in [1.807, 2.05) is 30.3 Å². The van der Waals surface area contributed by atoms with Crippen molar-refractivity contribution in [2.45, 2.75) is 25.6 Å². The van der Waals surface area contributed by atoms with Gasteiger partial charge in [-0.05, 0) is 41.0 Å². The molecule has 0 fully saturated rings. The molecule has 4 rings (SSSR count). The van der Waals surface area contributed by atoms with Gasteiger partial charge in [-0.3, -0.25) is 14.6 Å². The van der Waals surface area contributed by atoms with Gasteiger partial charge in [0.25, 0.3) is 5.91 Å². The zero-order chi connectivity index (χ0) is 20.2. The van der Waals surface area contributed by atoms with Gasteiger partial charge in [-0.25, -0.2) is 4.39 Å². The van der Waals surface area contributed by atoms with Gasteiger partial charge in [-0.1, -0.05) is 36.4 Å². The van der Waals surface area contributed by atoms with Crippen LogP contribution in [-0.2, 0) is 17.9 Å². The van der Waals surface area contributed by atoms with Crippen LogP contribution in [0.15, 0.2) is 73.1 Å². The molecule has 3 aromatic rings. The molecule has 0 spiro atoms. The summed E-state index contributed by atoms with van der Waals surface area (Å²) in [5.41, 5.74) is 3.20. The van der Waals surface area contributed by atoms with E-state index in [1.165, 1.54) is 12.1 Å². The van der Waals surface area contributed by atoms with Crippen LogP contribution in [0.4, 0.5) is 4.39 Å². The molecule has 1 aliphatic rings. The molecule has 0 saturated heterocycles. The average molecular weight is 389 g/mol. The number of nitrogens with one attached hydrogen (secondary N) is 1. The fourth-order valence-electron chi connectivity index (χ4n) is 3.57. The number of nitrogens with zero attached hydrogens (tertiary/aromatic N) is 2. The van der Waals surface area contributed by atoms with Crippen molar-refractivity contribution in [2.75, 3.05) is 0 Å². The largest absolute Gasteiger partial charge is 0.352 e. The van der Waals surface area contributed by atoms with Crippen LogP contribution in [0.1, 0.15) is 39.5 Å². The molecule has 0 radical (unpaired) electrons. The van der Waals surface area contributed by atoms with E-state index in [-0.39, 0.29) is 24.1 Å². The van der Waals surface area contributed by atoms with E-state index in [1.54, 1.807) is 35.5 Å². The molecule has 0 saturated carbocycles. The first-order valence-corrected chi connectivity index (χ1v) is 9.42. The van der Waals surface area contributed by atoms with Gasteiger partial charge in [-0.2, -0.15) is 0 Å². The molecular formula is C23H20FN3O2. The zero-order valence-corrected chi connectivity index (χ0v) is 15.7. The number of benzene rings is 2. The Morgan fingerprint density at radius 1 is 1.10 bits per heavy atom. The van der Waals surface area contributed by atoms with Gasteiger partial charge in [0.15, 0.2) is 0 Å². The first-order chi connectivity index (χ1) is 14.1. The van der Waals surface area contributed by atoms with Gasteiger partial charge in [-0.15, -0.1) is 0 Å². The molecule has 1 atom stereocenters. The van der Waals surface area contributed by atoms with Gasteiger partial charge in [0, 0.05) is 31.0 Å². The SMILES string of the molecule is O=C(CC(c1ccc(F)cc1)N1Cc2ccccc2C1=O)NCc1cccnc1. The number of halogens is 1. The van der Waals surface area contributed by atoms with Crippen molar-refractivity contribution in [3.63, 3.8) is 0 Å². The maximum absolute atomic E-state index is 13.4. The molecule has 2 aromatic carbocycles. The van der Waals surface area contributed by atoms with Crippen LogP contribution in [0.25, 0.3) is 0 Å². The van der Waals surface area contributed by atoms with E-state index in [0.717, 1.165) is 16.7 Å². The second-order valence-electron chi connectivity index (χ2n) is 7.00. The summed E-state index contributed by atoms with van der Waals surface area (Å²) in [4.78, 5) is 31.3. The van der Waals surface area contributed by atoms with Gasteiger partial charge in [0.2, 0.25) is 5.91 Å². The fourth-order valence-corrected chi connectivity index (χ4v) is 3.57. The summed E-state index contributed by atoms with van der Waals surface area (Å²) < 4.78 is 13.4. The Labute approximate surface area is 168 Å². The molecule has 0 aliphatic carbocycles. The predicted molar refractivity (Wildman–Crippen MR) is 106 cm³/mol. The molecule has 146 valence electrons. The van der Waals surface area contributed by atoms with E-state index < -0.39 is 6.04 Å². The van der Waals surface area contributed by atoms with Crippen LogP contribution in [0, 0.1) is 5.82 Å². The molecule has 29 heavy (non-hydrogen) atoms.